The number of imidazole rings is 1. The fourth-order valence-electron chi connectivity index (χ4n) is 5.06. The molecule has 5 rings (SSSR count). The lowest BCUT2D eigenvalue weighted by molar-refractivity contribution is 0.00578. The molecule has 0 saturated carbocycles. The van der Waals surface area contributed by atoms with Gasteiger partial charge in [-0.25, -0.2) is 15.0 Å². The predicted octanol–water partition coefficient (Wildman–Crippen LogP) is 5.40. The van der Waals surface area contributed by atoms with Crippen molar-refractivity contribution in [2.45, 2.75) is 73.5 Å². The van der Waals surface area contributed by atoms with Crippen LogP contribution in [0.3, 0.4) is 0 Å². The largest absolute Gasteiger partial charge is 0.495 e. The van der Waals surface area contributed by atoms with Crippen molar-refractivity contribution in [3.8, 4) is 22.6 Å². The summed E-state index contributed by atoms with van der Waals surface area (Å²) < 4.78 is 15.3. The van der Waals surface area contributed by atoms with Gasteiger partial charge < -0.3 is 14.6 Å². The number of nitrogens with one attached hydrogen (secondary N) is 1. The minimum atomic E-state index is -0.447. The molecule has 1 aliphatic rings. The number of hydrogen-bond acceptors (Lipinski definition) is 7. The van der Waals surface area contributed by atoms with Crippen LogP contribution in [0.4, 0.5) is 5.95 Å². The molecular weight excluding hydrogens is 469 g/mol. The van der Waals surface area contributed by atoms with Gasteiger partial charge in [-0.3, -0.25) is 4.40 Å². The highest BCUT2D eigenvalue weighted by Crippen LogP contribution is 2.41. The van der Waals surface area contributed by atoms with Crippen molar-refractivity contribution in [2.75, 3.05) is 12.4 Å². The molecule has 1 fully saturated rings. The van der Waals surface area contributed by atoms with Gasteiger partial charge in [-0.2, -0.15) is 0 Å². The lowest BCUT2D eigenvalue weighted by atomic mass is 9.69. The topological polar surface area (TPSA) is 73.6 Å². The molecule has 9 heteroatoms. The summed E-state index contributed by atoms with van der Waals surface area (Å²) in [6.07, 6.45) is 1.79. The highest BCUT2D eigenvalue weighted by atomic mass is 32.1. The molecule has 1 aromatic carbocycles. The molecule has 0 unspecified atom stereocenters. The maximum Gasteiger partial charge on any atom is 0.495 e. The Bertz CT molecular complexity index is 1490. The number of hydrogen-bond donors (Lipinski definition) is 1. The smallest absolute Gasteiger partial charge is 0.399 e. The number of thiazole rings is 1. The number of anilines is 1. The van der Waals surface area contributed by atoms with E-state index in [1.807, 2.05) is 13.1 Å². The van der Waals surface area contributed by atoms with Gasteiger partial charge in [0.05, 0.1) is 16.9 Å². The SMILES string of the molecule is CNc1nccc(-c2c(-c3c(C)c(C)c(C)c(B4OC(C)(C)C(C)(C)O4)c3C)nc3scc(C)n23)n1. The van der Waals surface area contributed by atoms with Crippen LogP contribution in [0.2, 0.25) is 0 Å². The molecule has 0 atom stereocenters. The first kappa shape index (κ1) is 24.9. The summed E-state index contributed by atoms with van der Waals surface area (Å²) in [7, 11) is 1.38. The minimum absolute atomic E-state index is 0.417. The summed E-state index contributed by atoms with van der Waals surface area (Å²) >= 11 is 1.64. The lowest BCUT2D eigenvalue weighted by Gasteiger charge is -2.32. The van der Waals surface area contributed by atoms with E-state index in [0.29, 0.717) is 5.95 Å². The first-order valence-electron chi connectivity index (χ1n) is 12.3. The molecule has 0 radical (unpaired) electrons. The van der Waals surface area contributed by atoms with Gasteiger partial charge in [0.25, 0.3) is 0 Å². The van der Waals surface area contributed by atoms with Crippen molar-refractivity contribution < 1.29 is 9.31 Å². The second-order valence-electron chi connectivity index (χ2n) is 10.7. The molecule has 7 nitrogen and oxygen atoms in total. The fourth-order valence-corrected chi connectivity index (χ4v) is 5.92. The van der Waals surface area contributed by atoms with Crippen LogP contribution in [0.1, 0.15) is 55.6 Å². The normalized spacial score (nSPS) is 16.8. The molecule has 0 bridgehead atoms. The molecule has 1 saturated heterocycles. The summed E-state index contributed by atoms with van der Waals surface area (Å²) in [5, 5.41) is 5.19. The van der Waals surface area contributed by atoms with Crippen LogP contribution < -0.4 is 10.8 Å². The zero-order chi connectivity index (χ0) is 26.2. The van der Waals surface area contributed by atoms with E-state index in [9.17, 15) is 0 Å². The van der Waals surface area contributed by atoms with Gasteiger partial charge in [0.2, 0.25) is 5.95 Å². The third-order valence-corrected chi connectivity index (χ3v) is 9.01. The lowest BCUT2D eigenvalue weighted by Crippen LogP contribution is -2.41. The Hall–Kier alpha value is -2.75. The summed E-state index contributed by atoms with van der Waals surface area (Å²) in [5.74, 6) is 0.577. The Balaban J connectivity index is 1.81. The van der Waals surface area contributed by atoms with E-state index in [0.717, 1.165) is 44.3 Å². The average Bonchev–Trinajstić information content (AvgIpc) is 3.42. The number of fused-ring (bicyclic) bond motifs is 1. The first-order valence-corrected chi connectivity index (χ1v) is 13.2. The molecule has 4 heterocycles. The van der Waals surface area contributed by atoms with E-state index in [1.165, 1.54) is 16.7 Å². The maximum absolute atomic E-state index is 6.53. The molecule has 0 spiro atoms. The molecule has 3 aromatic heterocycles. The quantitative estimate of drug-likeness (QED) is 0.376. The van der Waals surface area contributed by atoms with Gasteiger partial charge in [0, 0.05) is 29.9 Å². The Morgan fingerprint density at radius 1 is 0.917 bits per heavy atom. The van der Waals surface area contributed by atoms with Crippen LogP contribution >= 0.6 is 11.3 Å². The highest BCUT2D eigenvalue weighted by Gasteiger charge is 2.52. The van der Waals surface area contributed by atoms with Crippen molar-refractivity contribution in [1.82, 2.24) is 19.4 Å². The number of rotatable bonds is 4. The van der Waals surface area contributed by atoms with Crippen molar-refractivity contribution in [1.29, 1.82) is 0 Å². The van der Waals surface area contributed by atoms with Gasteiger partial charge in [-0.05, 0) is 96.1 Å². The van der Waals surface area contributed by atoms with Crippen LogP contribution in [0, 0.1) is 34.6 Å². The van der Waals surface area contributed by atoms with Crippen LogP contribution in [-0.2, 0) is 9.31 Å². The van der Waals surface area contributed by atoms with Crippen LogP contribution in [0.25, 0.3) is 27.6 Å². The summed E-state index contributed by atoms with van der Waals surface area (Å²) in [5.41, 5.74) is 9.95. The maximum atomic E-state index is 6.53. The molecule has 4 aromatic rings. The third-order valence-electron chi connectivity index (χ3n) is 8.06. The van der Waals surface area contributed by atoms with E-state index in [4.69, 9.17) is 19.3 Å². The molecule has 36 heavy (non-hydrogen) atoms. The molecule has 0 aliphatic carbocycles. The van der Waals surface area contributed by atoms with E-state index in [1.54, 1.807) is 17.5 Å². The number of aromatic nitrogens is 4. The number of aryl methyl sites for hydroxylation is 1. The van der Waals surface area contributed by atoms with Crippen LogP contribution in [-0.4, -0.2) is 44.7 Å². The fraction of sp³-hybridized carbons (Fsp3) is 0.444. The summed E-state index contributed by atoms with van der Waals surface area (Å²) in [6.45, 7) is 19.2. The van der Waals surface area contributed by atoms with Gasteiger partial charge in [0.1, 0.15) is 11.4 Å². The second-order valence-corrected chi connectivity index (χ2v) is 11.5. The van der Waals surface area contributed by atoms with Crippen molar-refractivity contribution in [2.24, 2.45) is 0 Å². The number of benzene rings is 1. The third kappa shape index (κ3) is 3.59. The van der Waals surface area contributed by atoms with E-state index in [2.05, 4.69) is 82.4 Å². The van der Waals surface area contributed by atoms with E-state index >= 15 is 0 Å². The monoisotopic (exact) mass is 503 g/mol. The zero-order valence-corrected chi connectivity index (χ0v) is 23.6. The average molecular weight is 503 g/mol. The van der Waals surface area contributed by atoms with Gasteiger partial charge >= 0.3 is 7.12 Å². The summed E-state index contributed by atoms with van der Waals surface area (Å²) in [4.78, 5) is 15.2. The van der Waals surface area contributed by atoms with Crippen LogP contribution in [0.5, 0.6) is 0 Å². The predicted molar refractivity (Wildman–Crippen MR) is 148 cm³/mol. The zero-order valence-electron chi connectivity index (χ0n) is 22.8. The Labute approximate surface area is 217 Å². The van der Waals surface area contributed by atoms with Crippen molar-refractivity contribution in [3.63, 3.8) is 0 Å². The minimum Gasteiger partial charge on any atom is -0.399 e. The van der Waals surface area contributed by atoms with Crippen molar-refractivity contribution >= 4 is 34.8 Å². The Morgan fingerprint density at radius 2 is 1.58 bits per heavy atom. The first-order chi connectivity index (χ1) is 16.9. The molecule has 0 amide bonds. The van der Waals surface area contributed by atoms with Crippen molar-refractivity contribution in [3.05, 3.63) is 45.6 Å². The van der Waals surface area contributed by atoms with Gasteiger partial charge in [-0.1, -0.05) is 0 Å². The number of nitrogens with zero attached hydrogens (tertiary/aromatic N) is 4. The Morgan fingerprint density at radius 3 is 2.22 bits per heavy atom. The van der Waals surface area contributed by atoms with Crippen LogP contribution in [0.15, 0.2) is 17.6 Å². The van der Waals surface area contributed by atoms with E-state index in [-0.39, 0.29) is 0 Å². The molecular formula is C27H34BN5O2S. The molecule has 1 N–H and O–H groups in total. The van der Waals surface area contributed by atoms with E-state index < -0.39 is 18.3 Å². The van der Waals surface area contributed by atoms with Gasteiger partial charge in [0.15, 0.2) is 4.96 Å². The highest BCUT2D eigenvalue weighted by molar-refractivity contribution is 7.15. The Kier molecular flexibility index (Phi) is 5.81. The second kappa shape index (κ2) is 8.40. The molecule has 188 valence electrons. The van der Waals surface area contributed by atoms with Gasteiger partial charge in [-0.15, -0.1) is 11.3 Å². The standard InChI is InChI=1S/C27H34BN5O2S/c1-14-13-36-25-32-22(23(33(14)25)19-11-12-30-24(29-10)31-19)20-16(3)15(2)17(4)21(18(20)5)28-34-26(6,7)27(8,9)35-28/h11-13H,1-10H3,(H,29,30,31). The molecule has 1 aliphatic heterocycles. The summed E-state index contributed by atoms with van der Waals surface area (Å²) in [6, 6.07) is 1.95.